The molecule has 0 bridgehead atoms. The first-order valence-corrected chi connectivity index (χ1v) is 7.52. The van der Waals surface area contributed by atoms with E-state index in [0.29, 0.717) is 26.6 Å². The molecule has 1 N–H and O–H groups in total. The van der Waals surface area contributed by atoms with E-state index < -0.39 is 0 Å². The number of nitrogens with zero attached hydrogens (tertiary/aromatic N) is 1. The van der Waals surface area contributed by atoms with Crippen LogP contribution in [0.5, 0.6) is 0 Å². The zero-order chi connectivity index (χ0) is 14.7. The average Bonchev–Trinajstić information content (AvgIpc) is 2.41. The maximum absolute atomic E-state index is 6.24. The minimum absolute atomic E-state index is 0.511. The fourth-order valence-electron chi connectivity index (χ4n) is 1.78. The quantitative estimate of drug-likeness (QED) is 0.762. The molecule has 0 aliphatic carbocycles. The second-order valence-corrected chi connectivity index (χ2v) is 5.76. The van der Waals surface area contributed by atoms with Crippen LogP contribution in [0.1, 0.15) is 18.9 Å². The SMILES string of the molecule is CCCNc1nc(-c2ccc(C)c(Cl)c2)c(Cl)cc1Cl. The number of nitrogens with one attached hydrogen (secondary N) is 1. The molecule has 20 heavy (non-hydrogen) atoms. The largest absolute Gasteiger partial charge is 0.369 e. The van der Waals surface area contributed by atoms with Crippen molar-refractivity contribution in [1.29, 1.82) is 0 Å². The van der Waals surface area contributed by atoms with Crippen molar-refractivity contribution in [2.75, 3.05) is 11.9 Å². The maximum atomic E-state index is 6.24. The summed E-state index contributed by atoms with van der Waals surface area (Å²) in [6.07, 6.45) is 0.992. The summed E-state index contributed by atoms with van der Waals surface area (Å²) in [5.74, 6) is 0.643. The van der Waals surface area contributed by atoms with E-state index in [1.165, 1.54) is 0 Å². The minimum Gasteiger partial charge on any atom is -0.369 e. The number of pyridine rings is 1. The van der Waals surface area contributed by atoms with Crippen LogP contribution < -0.4 is 5.32 Å². The minimum atomic E-state index is 0.511. The predicted octanol–water partition coefficient (Wildman–Crippen LogP) is 5.84. The lowest BCUT2D eigenvalue weighted by Gasteiger charge is -2.11. The van der Waals surface area contributed by atoms with Gasteiger partial charge in [0, 0.05) is 17.1 Å². The smallest absolute Gasteiger partial charge is 0.145 e. The topological polar surface area (TPSA) is 24.9 Å². The first-order chi connectivity index (χ1) is 9.52. The lowest BCUT2D eigenvalue weighted by Crippen LogP contribution is -2.03. The fraction of sp³-hybridized carbons (Fsp3) is 0.267. The molecule has 106 valence electrons. The van der Waals surface area contributed by atoms with Crippen LogP contribution in [0, 0.1) is 6.92 Å². The number of benzene rings is 1. The van der Waals surface area contributed by atoms with Gasteiger partial charge >= 0.3 is 0 Å². The summed E-state index contributed by atoms with van der Waals surface area (Å²) >= 11 is 18.5. The Kier molecular flexibility index (Phi) is 5.14. The molecule has 0 atom stereocenters. The average molecular weight is 330 g/mol. The van der Waals surface area contributed by atoms with Crippen LogP contribution in [0.3, 0.4) is 0 Å². The van der Waals surface area contributed by atoms with E-state index in [0.717, 1.165) is 24.1 Å². The fourth-order valence-corrected chi connectivity index (χ4v) is 2.49. The van der Waals surface area contributed by atoms with Crippen molar-refractivity contribution in [3.63, 3.8) is 0 Å². The van der Waals surface area contributed by atoms with E-state index >= 15 is 0 Å². The van der Waals surface area contributed by atoms with Crippen LogP contribution in [0.4, 0.5) is 5.82 Å². The van der Waals surface area contributed by atoms with Gasteiger partial charge in [-0.1, -0.05) is 53.9 Å². The van der Waals surface area contributed by atoms with Crippen molar-refractivity contribution in [1.82, 2.24) is 4.98 Å². The Bertz CT molecular complexity index is 627. The van der Waals surface area contributed by atoms with Crippen LogP contribution in [0.15, 0.2) is 24.3 Å². The zero-order valence-electron chi connectivity index (χ0n) is 11.3. The van der Waals surface area contributed by atoms with E-state index in [4.69, 9.17) is 34.8 Å². The first-order valence-electron chi connectivity index (χ1n) is 6.39. The standard InChI is InChI=1S/C15H15Cl3N2/c1-3-6-19-15-13(18)8-12(17)14(20-15)10-5-4-9(2)11(16)7-10/h4-5,7-8H,3,6H2,1-2H3,(H,19,20). The molecule has 2 nitrogen and oxygen atoms in total. The molecule has 0 amide bonds. The number of hydrogen-bond acceptors (Lipinski definition) is 2. The first kappa shape index (κ1) is 15.4. The molecule has 0 unspecified atom stereocenters. The highest BCUT2D eigenvalue weighted by Gasteiger charge is 2.12. The molecule has 0 spiro atoms. The Morgan fingerprint density at radius 2 is 1.80 bits per heavy atom. The molecule has 5 heteroatoms. The van der Waals surface area contributed by atoms with Crippen molar-refractivity contribution in [3.8, 4) is 11.3 Å². The summed E-state index contributed by atoms with van der Waals surface area (Å²) in [6.45, 7) is 4.84. The van der Waals surface area contributed by atoms with Gasteiger partial charge in [0.2, 0.25) is 0 Å². The summed E-state index contributed by atoms with van der Waals surface area (Å²) in [5, 5.41) is 4.91. The molecular weight excluding hydrogens is 315 g/mol. The second-order valence-electron chi connectivity index (χ2n) is 4.54. The van der Waals surface area contributed by atoms with Gasteiger partial charge in [0.25, 0.3) is 0 Å². The van der Waals surface area contributed by atoms with Crippen molar-refractivity contribution in [3.05, 3.63) is 44.9 Å². The van der Waals surface area contributed by atoms with E-state index in [2.05, 4.69) is 17.2 Å². The zero-order valence-corrected chi connectivity index (χ0v) is 13.6. The van der Waals surface area contributed by atoms with Crippen molar-refractivity contribution >= 4 is 40.6 Å². The molecule has 1 heterocycles. The Labute approximate surface area is 134 Å². The summed E-state index contributed by atoms with van der Waals surface area (Å²) in [4.78, 5) is 4.52. The molecule has 1 aromatic heterocycles. The summed E-state index contributed by atoms with van der Waals surface area (Å²) < 4.78 is 0. The number of rotatable bonds is 4. The normalized spacial score (nSPS) is 10.7. The van der Waals surface area contributed by atoms with Crippen LogP contribution in [0.2, 0.25) is 15.1 Å². The Morgan fingerprint density at radius 3 is 2.45 bits per heavy atom. The van der Waals surface area contributed by atoms with E-state index in [9.17, 15) is 0 Å². The highest BCUT2D eigenvalue weighted by atomic mass is 35.5. The van der Waals surface area contributed by atoms with E-state index in [1.807, 2.05) is 25.1 Å². The van der Waals surface area contributed by atoms with Crippen molar-refractivity contribution in [2.24, 2.45) is 0 Å². The van der Waals surface area contributed by atoms with Crippen LogP contribution >= 0.6 is 34.8 Å². The molecule has 0 saturated heterocycles. The summed E-state index contributed by atoms with van der Waals surface area (Å²) in [7, 11) is 0. The Balaban J connectivity index is 2.47. The number of anilines is 1. The van der Waals surface area contributed by atoms with Crippen LogP contribution in [0.25, 0.3) is 11.3 Å². The maximum Gasteiger partial charge on any atom is 0.145 e. The van der Waals surface area contributed by atoms with Gasteiger partial charge in [-0.15, -0.1) is 0 Å². The molecule has 2 rings (SSSR count). The van der Waals surface area contributed by atoms with E-state index in [1.54, 1.807) is 6.07 Å². The van der Waals surface area contributed by atoms with Gasteiger partial charge in [0.1, 0.15) is 5.82 Å². The van der Waals surface area contributed by atoms with Gasteiger partial charge in [-0.3, -0.25) is 0 Å². The molecule has 0 saturated carbocycles. The molecule has 0 aliphatic rings. The lowest BCUT2D eigenvalue weighted by molar-refractivity contribution is 0.970. The van der Waals surface area contributed by atoms with Gasteiger partial charge in [-0.25, -0.2) is 4.98 Å². The highest BCUT2D eigenvalue weighted by Crippen LogP contribution is 2.34. The molecule has 0 fully saturated rings. The van der Waals surface area contributed by atoms with Crippen LogP contribution in [-0.2, 0) is 0 Å². The van der Waals surface area contributed by atoms with Gasteiger partial charge in [0.05, 0.1) is 15.7 Å². The van der Waals surface area contributed by atoms with Crippen molar-refractivity contribution in [2.45, 2.75) is 20.3 Å². The van der Waals surface area contributed by atoms with Gasteiger partial charge in [-0.2, -0.15) is 0 Å². The van der Waals surface area contributed by atoms with Crippen LogP contribution in [-0.4, -0.2) is 11.5 Å². The third-order valence-corrected chi connectivity index (χ3v) is 3.90. The predicted molar refractivity (Wildman–Crippen MR) is 88.2 cm³/mol. The Hall–Kier alpha value is -0.960. The molecule has 1 aromatic carbocycles. The highest BCUT2D eigenvalue weighted by molar-refractivity contribution is 6.37. The van der Waals surface area contributed by atoms with E-state index in [-0.39, 0.29) is 0 Å². The molecule has 0 aliphatic heterocycles. The van der Waals surface area contributed by atoms with Gasteiger partial charge in [0.15, 0.2) is 0 Å². The third-order valence-electron chi connectivity index (χ3n) is 2.92. The Morgan fingerprint density at radius 1 is 1.05 bits per heavy atom. The summed E-state index contributed by atoms with van der Waals surface area (Å²) in [5.41, 5.74) is 2.57. The number of halogens is 3. The number of hydrogen-bond donors (Lipinski definition) is 1. The van der Waals surface area contributed by atoms with Gasteiger partial charge in [-0.05, 0) is 31.0 Å². The third kappa shape index (κ3) is 3.38. The number of aryl methyl sites for hydroxylation is 1. The summed E-state index contributed by atoms with van der Waals surface area (Å²) in [6, 6.07) is 7.47. The lowest BCUT2D eigenvalue weighted by atomic mass is 10.1. The van der Waals surface area contributed by atoms with Crippen molar-refractivity contribution < 1.29 is 0 Å². The molecular formula is C15H15Cl3N2. The molecule has 0 radical (unpaired) electrons. The second kappa shape index (κ2) is 6.66. The monoisotopic (exact) mass is 328 g/mol. The number of aromatic nitrogens is 1. The van der Waals surface area contributed by atoms with Gasteiger partial charge < -0.3 is 5.32 Å². The molecule has 2 aromatic rings.